The number of hydrogen-bond acceptors (Lipinski definition) is 15. The van der Waals surface area contributed by atoms with Crippen LogP contribution in [0, 0.1) is 41.9 Å². The summed E-state index contributed by atoms with van der Waals surface area (Å²) in [5.74, 6) is 5.98. The molecule has 5 N–H and O–H groups in total. The maximum absolute atomic E-state index is 14.2. The molecule has 3 atom stereocenters. The zero-order valence-corrected chi connectivity index (χ0v) is 50.0. The molecule has 20 heteroatoms. The highest BCUT2D eigenvalue weighted by Crippen LogP contribution is 2.41. The van der Waals surface area contributed by atoms with Crippen molar-refractivity contribution in [2.24, 2.45) is 23.2 Å². The van der Waals surface area contributed by atoms with Gasteiger partial charge in [0.2, 0.25) is 17.7 Å². The summed E-state index contributed by atoms with van der Waals surface area (Å²) in [5, 5.41) is 31.0. The Kier molecular flexibility index (Phi) is 17.6. The number of β-amino-alcohol motifs (C(OH)–C–C–N with tert-alkyl or cyclic N) is 1. The standard InChI is InChI=1S/C64H69N9O8S3/c1-38-55(82-37-66-38)44-20-16-40(17-21-44)32-65-59(77)51-31-46(74)35-73(51)60(78)56(64(2,3)4)69-57(75)45-29-41(30-45)28-42-33-71(34-42)25-8-10-39-18-22-47(23-19-39)81-27-9-15-53-54(61(79)80)68-63(84-53)72-26-24-43-11-7-12-48(49(43)36-72)58(76)70-62-67-50-13-5-6-14-52(50)83-62/h5-7,11-14,16-23,37,41-42,45-46,51,56,74H,9,15,24-36H2,1-4H3,(H,65,77)(H,69,75)(H,79,80)(H,67,70,76)/t41?,45?,46-,51+,56-/m1/s1. The SMILES string of the molecule is Cc1ncsc1-c1ccc(CNC(=O)[C@@H]2C[C@@H](O)CN2C(=O)[C@@H](NC(=O)C2CC(CC3CN(CC#Cc4ccc(OCCCc5sc(N6CCc7cccc(C(=O)Nc8nc9ccccc9s8)c7C6)nc5C(=O)O)cc4)C3)C2)C(C)(C)C)cc1. The normalized spacial score (nSPS) is 19.1. The molecule has 0 bridgehead atoms. The van der Waals surface area contributed by atoms with Crippen LogP contribution < -0.4 is 25.6 Å². The molecule has 84 heavy (non-hydrogen) atoms. The zero-order valence-electron chi connectivity index (χ0n) is 47.6. The molecule has 1 saturated carbocycles. The summed E-state index contributed by atoms with van der Waals surface area (Å²) in [4.78, 5) is 88.5. The van der Waals surface area contributed by atoms with E-state index in [-0.39, 0.29) is 54.8 Å². The highest BCUT2D eigenvalue weighted by Gasteiger charge is 2.46. The van der Waals surface area contributed by atoms with E-state index in [2.05, 4.69) is 52.5 Å². The second kappa shape index (κ2) is 25.4. The lowest BCUT2D eigenvalue weighted by atomic mass is 9.69. The lowest BCUT2D eigenvalue weighted by molar-refractivity contribution is -0.145. The fourth-order valence-electron chi connectivity index (χ4n) is 11.8. The molecule has 0 radical (unpaired) electrons. The third-order valence-corrected chi connectivity index (χ3v) is 19.5. The number of para-hydroxylation sites is 1. The molecule has 11 rings (SSSR count). The van der Waals surface area contributed by atoms with E-state index in [0.717, 1.165) is 81.0 Å². The van der Waals surface area contributed by atoms with Gasteiger partial charge in [0.25, 0.3) is 5.91 Å². The highest BCUT2D eigenvalue weighted by atomic mass is 32.1. The highest BCUT2D eigenvalue weighted by molar-refractivity contribution is 7.22. The molecule has 17 nitrogen and oxygen atoms in total. The molecule has 3 aliphatic heterocycles. The van der Waals surface area contributed by atoms with E-state index in [1.54, 1.807) is 11.3 Å². The summed E-state index contributed by atoms with van der Waals surface area (Å²) >= 11 is 4.39. The first kappa shape index (κ1) is 58.2. The molecule has 4 aromatic carbocycles. The van der Waals surface area contributed by atoms with Crippen LogP contribution in [0.15, 0.2) is 96.5 Å². The number of nitrogens with zero attached hydrogens (tertiary/aromatic N) is 6. The summed E-state index contributed by atoms with van der Waals surface area (Å²) in [5.41, 5.74) is 8.46. The number of anilines is 2. The number of aliphatic hydroxyl groups excluding tert-OH is 1. The van der Waals surface area contributed by atoms with Gasteiger partial charge >= 0.3 is 5.97 Å². The molecule has 3 fully saturated rings. The van der Waals surface area contributed by atoms with Gasteiger partial charge in [-0.15, -0.1) is 22.7 Å². The lowest BCUT2D eigenvalue weighted by Gasteiger charge is -2.44. The van der Waals surface area contributed by atoms with Gasteiger partial charge in [-0.2, -0.15) is 0 Å². The lowest BCUT2D eigenvalue weighted by Crippen LogP contribution is -2.59. The zero-order chi connectivity index (χ0) is 58.6. The number of carboxylic acid groups (broad SMARTS) is 1. The number of aromatic nitrogens is 3. The van der Waals surface area contributed by atoms with Crippen molar-refractivity contribution in [2.75, 3.05) is 49.5 Å². The smallest absolute Gasteiger partial charge is 0.355 e. The fourth-order valence-corrected chi connectivity index (χ4v) is 14.6. The Morgan fingerprint density at radius 2 is 1.67 bits per heavy atom. The molecule has 3 aromatic heterocycles. The first-order valence-electron chi connectivity index (χ1n) is 28.8. The minimum absolute atomic E-state index is 0.0275. The van der Waals surface area contributed by atoms with Gasteiger partial charge in [-0.1, -0.05) is 92.5 Å². The van der Waals surface area contributed by atoms with E-state index >= 15 is 0 Å². The van der Waals surface area contributed by atoms with Crippen LogP contribution in [0.2, 0.25) is 0 Å². The number of aliphatic hydroxyl groups is 1. The van der Waals surface area contributed by atoms with Crippen LogP contribution in [0.1, 0.15) is 107 Å². The average Bonchev–Trinajstić information content (AvgIpc) is 4.40. The maximum Gasteiger partial charge on any atom is 0.355 e. The predicted octanol–water partition coefficient (Wildman–Crippen LogP) is 9.22. The van der Waals surface area contributed by atoms with Crippen molar-refractivity contribution in [3.8, 4) is 28.0 Å². The van der Waals surface area contributed by atoms with Crippen LogP contribution in [0.4, 0.5) is 10.3 Å². The Bertz CT molecular complexity index is 3590. The van der Waals surface area contributed by atoms with Crippen molar-refractivity contribution in [1.29, 1.82) is 0 Å². The third-order valence-electron chi connectivity index (χ3n) is 16.4. The van der Waals surface area contributed by atoms with E-state index in [1.807, 2.05) is 124 Å². The summed E-state index contributed by atoms with van der Waals surface area (Å²) in [6, 6.07) is 27.4. The number of hydrogen-bond donors (Lipinski definition) is 5. The number of carboxylic acids is 1. The number of nitrogens with one attached hydrogen (secondary N) is 3. The van der Waals surface area contributed by atoms with Gasteiger partial charge in [-0.25, -0.2) is 19.7 Å². The van der Waals surface area contributed by atoms with Gasteiger partial charge < -0.3 is 35.4 Å². The van der Waals surface area contributed by atoms with Crippen LogP contribution in [0.3, 0.4) is 0 Å². The Balaban J connectivity index is 0.582. The molecule has 2 saturated heterocycles. The van der Waals surface area contributed by atoms with Gasteiger partial charge in [0.15, 0.2) is 16.0 Å². The number of benzene rings is 4. The van der Waals surface area contributed by atoms with Gasteiger partial charge in [0, 0.05) is 67.6 Å². The fraction of sp³-hybridized carbons (Fsp3) is 0.406. The number of likely N-dealkylation sites (tertiary alicyclic amines) is 2. The largest absolute Gasteiger partial charge is 0.494 e. The number of amides is 4. The van der Waals surface area contributed by atoms with Crippen molar-refractivity contribution >= 4 is 84.1 Å². The van der Waals surface area contributed by atoms with Crippen molar-refractivity contribution in [3.05, 3.63) is 141 Å². The molecule has 0 spiro atoms. The van der Waals surface area contributed by atoms with Crippen LogP contribution in [0.25, 0.3) is 20.7 Å². The first-order valence-corrected chi connectivity index (χ1v) is 31.3. The Morgan fingerprint density at radius 3 is 2.40 bits per heavy atom. The quantitative estimate of drug-likeness (QED) is 0.0377. The summed E-state index contributed by atoms with van der Waals surface area (Å²) in [6.07, 6.45) is 3.67. The third kappa shape index (κ3) is 13.5. The number of aromatic carboxylic acids is 1. The van der Waals surface area contributed by atoms with Crippen LogP contribution >= 0.6 is 34.0 Å². The molecule has 436 valence electrons. The molecule has 0 unspecified atom stereocenters. The minimum Gasteiger partial charge on any atom is -0.494 e. The monoisotopic (exact) mass is 1190 g/mol. The predicted molar refractivity (Wildman–Crippen MR) is 327 cm³/mol. The number of ether oxygens (including phenoxy) is 1. The Labute approximate surface area is 500 Å². The molecule has 1 aliphatic carbocycles. The van der Waals surface area contributed by atoms with E-state index in [4.69, 9.17) is 4.74 Å². The number of thiazole rings is 3. The molecular weight excluding hydrogens is 1120 g/mol. The van der Waals surface area contributed by atoms with Crippen LogP contribution in [0.5, 0.6) is 5.75 Å². The van der Waals surface area contributed by atoms with E-state index in [1.165, 1.54) is 27.6 Å². The van der Waals surface area contributed by atoms with E-state index < -0.39 is 29.6 Å². The number of fused-ring (bicyclic) bond motifs is 2. The number of carbonyl (C=O) groups is 5. The number of carbonyl (C=O) groups excluding carboxylic acids is 4. The van der Waals surface area contributed by atoms with Crippen LogP contribution in [-0.4, -0.2) is 122 Å². The van der Waals surface area contributed by atoms with Gasteiger partial charge in [0.05, 0.1) is 45.6 Å². The molecule has 6 heterocycles. The number of rotatable bonds is 19. The van der Waals surface area contributed by atoms with Crippen molar-refractivity contribution < 1.29 is 38.9 Å². The summed E-state index contributed by atoms with van der Waals surface area (Å²) in [7, 11) is 0. The van der Waals surface area contributed by atoms with Crippen molar-refractivity contribution in [2.45, 2.75) is 104 Å². The Hall–Kier alpha value is -7.54. The molecule has 7 aromatic rings. The second-order valence-corrected chi connectivity index (χ2v) is 26.6. The summed E-state index contributed by atoms with van der Waals surface area (Å²) in [6.45, 7) is 12.1. The minimum atomic E-state index is -1.07. The molecule has 4 amide bonds. The molecule has 4 aliphatic rings. The van der Waals surface area contributed by atoms with E-state index in [9.17, 15) is 34.2 Å². The van der Waals surface area contributed by atoms with Crippen molar-refractivity contribution in [1.82, 2.24) is 35.4 Å². The maximum atomic E-state index is 14.2. The molecular formula is C64H69N9O8S3. The van der Waals surface area contributed by atoms with Gasteiger partial charge in [0.1, 0.15) is 17.8 Å². The van der Waals surface area contributed by atoms with Gasteiger partial charge in [-0.3, -0.25) is 29.4 Å². The first-order chi connectivity index (χ1) is 40.5. The summed E-state index contributed by atoms with van der Waals surface area (Å²) < 4.78 is 7.05. The van der Waals surface area contributed by atoms with Crippen molar-refractivity contribution in [3.63, 3.8) is 0 Å². The Morgan fingerprint density at radius 1 is 0.881 bits per heavy atom. The average molecular weight is 1190 g/mol. The van der Waals surface area contributed by atoms with Gasteiger partial charge in [-0.05, 0) is 127 Å². The van der Waals surface area contributed by atoms with Crippen LogP contribution in [-0.2, 0) is 40.3 Å². The second-order valence-electron chi connectivity index (χ2n) is 23.6. The van der Waals surface area contributed by atoms with E-state index in [0.29, 0.717) is 83.8 Å². The topological polar surface area (TPSA) is 220 Å². The number of aryl methyl sites for hydroxylation is 2.